The molecule has 1 rings (SSSR count). The molecule has 0 bridgehead atoms. The van der Waals surface area contributed by atoms with Crippen molar-refractivity contribution in [2.24, 2.45) is 11.8 Å². The van der Waals surface area contributed by atoms with Crippen molar-refractivity contribution < 1.29 is 9.90 Å². The number of carboxylic acids is 1. The number of aliphatic carboxylic acids is 1. The van der Waals surface area contributed by atoms with Crippen LogP contribution in [0.4, 0.5) is 0 Å². The van der Waals surface area contributed by atoms with E-state index in [1.807, 2.05) is 6.07 Å². The fourth-order valence-electron chi connectivity index (χ4n) is 1.26. The van der Waals surface area contributed by atoms with Crippen molar-refractivity contribution in [2.75, 3.05) is 0 Å². The molecule has 0 radical (unpaired) electrons. The second kappa shape index (κ2) is 2.70. The highest BCUT2D eigenvalue weighted by Crippen LogP contribution is 2.36. The third-order valence-electron chi connectivity index (χ3n) is 2.09. The van der Waals surface area contributed by atoms with Gasteiger partial charge in [0.15, 0.2) is 0 Å². The number of rotatable bonds is 2. The Morgan fingerprint density at radius 1 is 1.70 bits per heavy atom. The van der Waals surface area contributed by atoms with E-state index < -0.39 is 5.97 Å². The van der Waals surface area contributed by atoms with Crippen molar-refractivity contribution in [3.05, 3.63) is 0 Å². The van der Waals surface area contributed by atoms with Crippen molar-refractivity contribution in [3.8, 4) is 6.07 Å². The highest BCUT2D eigenvalue weighted by Gasteiger charge is 2.35. The van der Waals surface area contributed by atoms with Crippen molar-refractivity contribution in [1.82, 2.24) is 0 Å². The molecule has 1 aliphatic carbocycles. The normalized spacial score (nSPS) is 30.3. The van der Waals surface area contributed by atoms with E-state index in [2.05, 4.69) is 0 Å². The Morgan fingerprint density at radius 3 is 2.70 bits per heavy atom. The molecule has 0 aliphatic heterocycles. The molecule has 1 saturated carbocycles. The molecule has 0 heterocycles. The monoisotopic (exact) mass is 139 g/mol. The third kappa shape index (κ3) is 1.10. The molecule has 1 fully saturated rings. The van der Waals surface area contributed by atoms with E-state index in [-0.39, 0.29) is 11.8 Å². The first-order chi connectivity index (χ1) is 4.75. The highest BCUT2D eigenvalue weighted by atomic mass is 16.4. The van der Waals surface area contributed by atoms with E-state index in [1.54, 1.807) is 0 Å². The lowest BCUT2D eigenvalue weighted by Gasteiger charge is -2.31. The predicted molar refractivity (Wildman–Crippen MR) is 34.1 cm³/mol. The molecule has 0 aromatic heterocycles. The maximum Gasteiger partial charge on any atom is 0.306 e. The van der Waals surface area contributed by atoms with Gasteiger partial charge in [0, 0.05) is 6.42 Å². The number of nitriles is 1. The number of hydrogen-bond acceptors (Lipinski definition) is 2. The Morgan fingerprint density at radius 2 is 2.40 bits per heavy atom. The molecular weight excluding hydrogens is 130 g/mol. The molecule has 1 N–H and O–H groups in total. The zero-order valence-electron chi connectivity index (χ0n) is 5.58. The van der Waals surface area contributed by atoms with Crippen LogP contribution < -0.4 is 0 Å². The smallest absolute Gasteiger partial charge is 0.306 e. The lowest BCUT2D eigenvalue weighted by atomic mass is 9.72. The van der Waals surface area contributed by atoms with Crippen LogP contribution in [-0.2, 0) is 4.79 Å². The van der Waals surface area contributed by atoms with Gasteiger partial charge < -0.3 is 5.11 Å². The van der Waals surface area contributed by atoms with Gasteiger partial charge in [-0.15, -0.1) is 0 Å². The Kier molecular flexibility index (Phi) is 1.91. The summed E-state index contributed by atoms with van der Waals surface area (Å²) in [4.78, 5) is 10.4. The summed E-state index contributed by atoms with van der Waals surface area (Å²) < 4.78 is 0. The van der Waals surface area contributed by atoms with Gasteiger partial charge in [0.25, 0.3) is 0 Å². The molecule has 0 amide bonds. The van der Waals surface area contributed by atoms with Gasteiger partial charge >= 0.3 is 5.97 Å². The van der Waals surface area contributed by atoms with Gasteiger partial charge in [-0.25, -0.2) is 0 Å². The molecule has 0 saturated heterocycles. The van der Waals surface area contributed by atoms with Gasteiger partial charge in [0.2, 0.25) is 0 Å². The first-order valence-corrected chi connectivity index (χ1v) is 3.35. The summed E-state index contributed by atoms with van der Waals surface area (Å²) in [6, 6.07) is 1.99. The molecule has 54 valence electrons. The summed E-state index contributed by atoms with van der Waals surface area (Å²) in [5, 5.41) is 16.8. The average molecular weight is 139 g/mol. The van der Waals surface area contributed by atoms with Crippen LogP contribution in [0.1, 0.15) is 19.3 Å². The topological polar surface area (TPSA) is 61.1 Å². The van der Waals surface area contributed by atoms with Crippen LogP contribution in [0, 0.1) is 23.2 Å². The second-order valence-corrected chi connectivity index (χ2v) is 2.64. The Bertz CT molecular complexity index is 183. The number of nitrogens with zero attached hydrogens (tertiary/aromatic N) is 1. The summed E-state index contributed by atoms with van der Waals surface area (Å²) >= 11 is 0. The molecule has 3 heteroatoms. The Hall–Kier alpha value is -1.04. The fourth-order valence-corrected chi connectivity index (χ4v) is 1.26. The molecular formula is C7H9NO2. The van der Waals surface area contributed by atoms with Crippen LogP contribution >= 0.6 is 0 Å². The summed E-state index contributed by atoms with van der Waals surface area (Å²) in [7, 11) is 0. The predicted octanol–water partition coefficient (Wildman–Crippen LogP) is 1.01. The molecule has 0 spiro atoms. The van der Waals surface area contributed by atoms with Crippen molar-refractivity contribution >= 4 is 5.97 Å². The average Bonchev–Trinajstić information content (AvgIpc) is 1.78. The van der Waals surface area contributed by atoms with Gasteiger partial charge in [-0.2, -0.15) is 5.26 Å². The molecule has 0 aromatic rings. The van der Waals surface area contributed by atoms with Crippen LogP contribution in [0.3, 0.4) is 0 Å². The van der Waals surface area contributed by atoms with Crippen LogP contribution in [0.25, 0.3) is 0 Å². The zero-order chi connectivity index (χ0) is 7.56. The highest BCUT2D eigenvalue weighted by molar-refractivity contribution is 5.71. The summed E-state index contributed by atoms with van der Waals surface area (Å²) in [5.41, 5.74) is 0. The summed E-state index contributed by atoms with van der Waals surface area (Å²) in [6.45, 7) is 0. The zero-order valence-corrected chi connectivity index (χ0v) is 5.58. The van der Waals surface area contributed by atoms with Crippen LogP contribution in [0.2, 0.25) is 0 Å². The van der Waals surface area contributed by atoms with E-state index in [0.29, 0.717) is 6.42 Å². The van der Waals surface area contributed by atoms with E-state index in [9.17, 15) is 4.79 Å². The van der Waals surface area contributed by atoms with Crippen molar-refractivity contribution in [1.29, 1.82) is 5.26 Å². The van der Waals surface area contributed by atoms with Gasteiger partial charge in [-0.1, -0.05) is 0 Å². The van der Waals surface area contributed by atoms with Crippen LogP contribution in [0.15, 0.2) is 0 Å². The minimum Gasteiger partial charge on any atom is -0.481 e. The lowest BCUT2D eigenvalue weighted by Crippen LogP contribution is -2.32. The molecule has 0 aromatic carbocycles. The van der Waals surface area contributed by atoms with Gasteiger partial charge in [0.05, 0.1) is 12.0 Å². The van der Waals surface area contributed by atoms with Gasteiger partial charge in [-0.3, -0.25) is 4.79 Å². The summed E-state index contributed by atoms with van der Waals surface area (Å²) in [5.74, 6) is -0.853. The van der Waals surface area contributed by atoms with E-state index in [4.69, 9.17) is 10.4 Å². The standard InChI is InChI=1S/C7H9NO2/c8-4-3-5-1-2-6(5)7(9)10/h5-6H,1-3H2,(H,9,10)/t5-,6-/m1/s1. The van der Waals surface area contributed by atoms with Crippen LogP contribution in [-0.4, -0.2) is 11.1 Å². The second-order valence-electron chi connectivity index (χ2n) is 2.64. The van der Waals surface area contributed by atoms with Crippen LogP contribution in [0.5, 0.6) is 0 Å². The first kappa shape index (κ1) is 7.07. The summed E-state index contributed by atoms with van der Waals surface area (Å²) in [6.07, 6.45) is 2.06. The van der Waals surface area contributed by atoms with Gasteiger partial charge in [0.1, 0.15) is 0 Å². The lowest BCUT2D eigenvalue weighted by molar-refractivity contribution is -0.147. The third-order valence-corrected chi connectivity index (χ3v) is 2.09. The molecule has 2 atom stereocenters. The molecule has 10 heavy (non-hydrogen) atoms. The largest absolute Gasteiger partial charge is 0.481 e. The van der Waals surface area contributed by atoms with Crippen molar-refractivity contribution in [2.45, 2.75) is 19.3 Å². The number of carbonyl (C=O) groups is 1. The van der Waals surface area contributed by atoms with E-state index >= 15 is 0 Å². The fraction of sp³-hybridized carbons (Fsp3) is 0.714. The maximum atomic E-state index is 10.4. The quantitative estimate of drug-likeness (QED) is 0.621. The Balaban J connectivity index is 2.37. The maximum absolute atomic E-state index is 10.4. The minimum absolute atomic E-state index is 0.127. The molecule has 3 nitrogen and oxygen atoms in total. The van der Waals surface area contributed by atoms with Gasteiger partial charge in [-0.05, 0) is 18.8 Å². The molecule has 1 aliphatic rings. The number of carboxylic acid groups (broad SMARTS) is 1. The number of hydrogen-bond donors (Lipinski definition) is 1. The Labute approximate surface area is 59.3 Å². The van der Waals surface area contributed by atoms with E-state index in [0.717, 1.165) is 12.8 Å². The minimum atomic E-state index is -0.744. The van der Waals surface area contributed by atoms with E-state index in [1.165, 1.54) is 0 Å². The SMILES string of the molecule is N#CC[C@H]1CC[C@H]1C(=O)O. The first-order valence-electron chi connectivity index (χ1n) is 3.35. The van der Waals surface area contributed by atoms with Crippen molar-refractivity contribution in [3.63, 3.8) is 0 Å². The molecule has 0 unspecified atom stereocenters.